The first-order valence-corrected chi connectivity index (χ1v) is 17.1. The lowest BCUT2D eigenvalue weighted by Gasteiger charge is -2.29. The van der Waals surface area contributed by atoms with Crippen molar-refractivity contribution in [2.45, 2.75) is 44.9 Å². The third-order valence-electron chi connectivity index (χ3n) is 7.97. The number of hydrogen-bond donors (Lipinski definition) is 1. The Morgan fingerprint density at radius 2 is 1.35 bits per heavy atom. The summed E-state index contributed by atoms with van der Waals surface area (Å²) in [6.07, 6.45) is 1.98. The Labute approximate surface area is 281 Å². The molecule has 3 aromatic carbocycles. The number of hydrogen-bond acceptors (Lipinski definition) is 10. The van der Waals surface area contributed by atoms with Gasteiger partial charge in [-0.05, 0) is 16.7 Å². The molecular formula is C34H36N7O7P. The topological polar surface area (TPSA) is 158 Å². The van der Waals surface area contributed by atoms with Crippen molar-refractivity contribution in [1.82, 2.24) is 33.7 Å². The number of aliphatic hydroxyl groups excluding tert-OH is 1. The van der Waals surface area contributed by atoms with Crippen molar-refractivity contribution in [2.75, 3.05) is 0 Å². The second-order valence-corrected chi connectivity index (χ2v) is 13.6. The Morgan fingerprint density at radius 3 is 1.92 bits per heavy atom. The van der Waals surface area contributed by atoms with Crippen molar-refractivity contribution in [2.24, 2.45) is 14.1 Å². The summed E-state index contributed by atoms with van der Waals surface area (Å²) >= 11 is 0. The highest BCUT2D eigenvalue weighted by atomic mass is 31.2. The molecule has 3 heterocycles. The first-order valence-electron chi connectivity index (χ1n) is 15.5. The largest absolute Gasteiger partial charge is 0.378 e. The molecule has 0 aliphatic rings. The van der Waals surface area contributed by atoms with E-state index in [1.165, 1.54) is 22.6 Å². The molecule has 49 heavy (non-hydrogen) atoms. The summed E-state index contributed by atoms with van der Waals surface area (Å²) in [5.74, 6) is -1.71. The first-order chi connectivity index (χ1) is 23.7. The zero-order valence-electron chi connectivity index (χ0n) is 27.0. The lowest BCUT2D eigenvalue weighted by molar-refractivity contribution is -0.0384. The quantitative estimate of drug-likeness (QED) is 0.158. The monoisotopic (exact) mass is 685 g/mol. The van der Waals surface area contributed by atoms with Gasteiger partial charge in [0.15, 0.2) is 17.0 Å². The van der Waals surface area contributed by atoms with Crippen molar-refractivity contribution in [1.29, 1.82) is 0 Å². The number of aromatic nitrogens is 7. The van der Waals surface area contributed by atoms with Crippen LogP contribution in [0.3, 0.4) is 0 Å². The van der Waals surface area contributed by atoms with Gasteiger partial charge in [0.1, 0.15) is 11.8 Å². The van der Waals surface area contributed by atoms with Crippen molar-refractivity contribution in [3.63, 3.8) is 0 Å². The Kier molecular flexibility index (Phi) is 10.4. The third kappa shape index (κ3) is 7.85. The minimum atomic E-state index is -4.25. The van der Waals surface area contributed by atoms with Gasteiger partial charge in [0.25, 0.3) is 5.56 Å². The van der Waals surface area contributed by atoms with Gasteiger partial charge in [0.05, 0.1) is 45.4 Å². The van der Waals surface area contributed by atoms with Crippen LogP contribution < -0.4 is 11.2 Å². The lowest BCUT2D eigenvalue weighted by atomic mass is 10.2. The highest BCUT2D eigenvalue weighted by Gasteiger charge is 2.42. The van der Waals surface area contributed by atoms with E-state index in [1.807, 2.05) is 91.0 Å². The maximum atomic E-state index is 14.5. The Balaban J connectivity index is 1.26. The van der Waals surface area contributed by atoms with E-state index in [4.69, 9.17) is 13.8 Å². The van der Waals surface area contributed by atoms with Crippen molar-refractivity contribution < 1.29 is 23.5 Å². The molecule has 15 heteroatoms. The maximum Gasteiger partial charge on any atom is 0.362 e. The van der Waals surface area contributed by atoms with E-state index in [9.17, 15) is 19.3 Å². The highest BCUT2D eigenvalue weighted by molar-refractivity contribution is 7.54. The van der Waals surface area contributed by atoms with E-state index >= 15 is 0 Å². The Morgan fingerprint density at radius 1 is 0.796 bits per heavy atom. The molecule has 1 N–H and O–H groups in total. The van der Waals surface area contributed by atoms with Crippen molar-refractivity contribution in [3.05, 3.63) is 147 Å². The molecular weight excluding hydrogens is 649 g/mol. The van der Waals surface area contributed by atoms with Crippen LogP contribution in [0.15, 0.2) is 113 Å². The zero-order valence-corrected chi connectivity index (χ0v) is 27.9. The van der Waals surface area contributed by atoms with Crippen LogP contribution in [0.5, 0.6) is 0 Å². The van der Waals surface area contributed by atoms with Gasteiger partial charge in [-0.15, -0.1) is 5.10 Å². The van der Waals surface area contributed by atoms with Crippen LogP contribution in [0.25, 0.3) is 11.2 Å². The SMILES string of the molecule is Cn1c(=O)c2c(ncn2Cc2cn(C[C@H](OCc3ccccc3)[C@@H](O)P(=O)(OCc3ccccc3)OCc3ccccc3)nn2)n(C)c1=O. The summed E-state index contributed by atoms with van der Waals surface area (Å²) in [6.45, 7) is 0.0420. The van der Waals surface area contributed by atoms with Crippen LogP contribution in [-0.4, -0.2) is 50.7 Å². The van der Waals surface area contributed by atoms with Gasteiger partial charge in [-0.3, -0.25) is 18.5 Å². The summed E-state index contributed by atoms with van der Waals surface area (Å²) in [6, 6.07) is 27.8. The zero-order chi connectivity index (χ0) is 34.4. The van der Waals surface area contributed by atoms with Crippen LogP contribution in [0.4, 0.5) is 0 Å². The van der Waals surface area contributed by atoms with Gasteiger partial charge >= 0.3 is 13.3 Å². The summed E-state index contributed by atoms with van der Waals surface area (Å²) in [7, 11) is -1.30. The molecule has 254 valence electrons. The smallest absolute Gasteiger partial charge is 0.362 e. The molecule has 14 nitrogen and oxygen atoms in total. The standard InChI is InChI=1S/C34H36N7O7P/c1-38-31-30(32(42)39(2)34(38)44)40(24-35-31)18-28-19-41(37-36-28)20-29(46-21-25-12-6-3-7-13-25)33(43)49(45,47-22-26-14-8-4-9-15-26)48-23-27-16-10-5-11-17-27/h3-17,19,24,29,33,43H,18,20-23H2,1-2H3/t29-,33-/m0/s1. The molecule has 0 aliphatic heterocycles. The molecule has 0 fully saturated rings. The molecule has 6 rings (SSSR count). The Hall–Kier alpha value is -4.98. The van der Waals surface area contributed by atoms with Crippen LogP contribution in [-0.2, 0) is 65.4 Å². The number of aliphatic hydroxyl groups is 1. The van der Waals surface area contributed by atoms with Crippen LogP contribution in [0.2, 0.25) is 0 Å². The molecule has 0 saturated carbocycles. The number of ether oxygens (including phenoxy) is 1. The normalized spacial score (nSPS) is 13.1. The minimum absolute atomic E-state index is 0.0602. The third-order valence-corrected chi connectivity index (χ3v) is 9.93. The fourth-order valence-electron chi connectivity index (χ4n) is 5.26. The summed E-state index contributed by atoms with van der Waals surface area (Å²) in [4.78, 5) is 29.5. The van der Waals surface area contributed by atoms with E-state index in [-0.39, 0.29) is 44.1 Å². The second-order valence-electron chi connectivity index (χ2n) is 11.5. The number of rotatable bonds is 15. The molecule has 0 aliphatic carbocycles. The van der Waals surface area contributed by atoms with Crippen LogP contribution in [0, 0.1) is 0 Å². The number of aryl methyl sites for hydroxylation is 1. The van der Waals surface area contributed by atoms with Crippen molar-refractivity contribution in [3.8, 4) is 0 Å². The van der Waals surface area contributed by atoms with Gasteiger partial charge in [0, 0.05) is 14.1 Å². The number of imidazole rings is 1. The van der Waals surface area contributed by atoms with Crippen LogP contribution in [0.1, 0.15) is 22.4 Å². The number of fused-ring (bicyclic) bond motifs is 1. The average Bonchev–Trinajstić information content (AvgIpc) is 3.77. The second kappa shape index (κ2) is 15.1. The van der Waals surface area contributed by atoms with Crippen molar-refractivity contribution >= 4 is 18.8 Å². The Bertz CT molecular complexity index is 2120. The molecule has 0 bridgehead atoms. The highest BCUT2D eigenvalue weighted by Crippen LogP contribution is 2.55. The molecule has 0 saturated heterocycles. The molecule has 0 unspecified atom stereocenters. The molecule has 0 spiro atoms. The molecule has 6 aromatic rings. The van der Waals surface area contributed by atoms with Gasteiger partial charge < -0.3 is 23.5 Å². The lowest BCUT2D eigenvalue weighted by Crippen LogP contribution is -2.37. The van der Waals surface area contributed by atoms with Gasteiger partial charge in [-0.2, -0.15) is 0 Å². The van der Waals surface area contributed by atoms with Gasteiger partial charge in [-0.1, -0.05) is 96.2 Å². The first kappa shape index (κ1) is 33.9. The predicted octanol–water partition coefficient (Wildman–Crippen LogP) is 3.60. The van der Waals surface area contributed by atoms with Crippen LogP contribution >= 0.6 is 7.60 Å². The van der Waals surface area contributed by atoms with E-state index in [1.54, 1.807) is 17.8 Å². The summed E-state index contributed by atoms with van der Waals surface area (Å²) in [5.41, 5.74) is 2.34. The number of nitrogens with zero attached hydrogens (tertiary/aromatic N) is 7. The van der Waals surface area contributed by atoms with E-state index in [0.717, 1.165) is 21.3 Å². The molecule has 3 aromatic heterocycles. The van der Waals surface area contributed by atoms with E-state index in [0.29, 0.717) is 5.69 Å². The summed E-state index contributed by atoms with van der Waals surface area (Å²) < 4.78 is 37.9. The average molecular weight is 686 g/mol. The minimum Gasteiger partial charge on any atom is -0.378 e. The van der Waals surface area contributed by atoms with Gasteiger partial charge in [-0.25, -0.2) is 14.5 Å². The summed E-state index contributed by atoms with van der Waals surface area (Å²) in [5, 5.41) is 20.3. The molecule has 0 radical (unpaired) electrons. The molecule has 0 amide bonds. The molecule has 2 atom stereocenters. The predicted molar refractivity (Wildman–Crippen MR) is 180 cm³/mol. The van der Waals surface area contributed by atoms with Gasteiger partial charge in [0.2, 0.25) is 0 Å². The van der Waals surface area contributed by atoms with E-state index < -0.39 is 30.8 Å². The number of benzene rings is 3. The maximum absolute atomic E-state index is 14.5. The fourth-order valence-corrected chi connectivity index (χ4v) is 6.88. The van der Waals surface area contributed by atoms with E-state index in [2.05, 4.69) is 15.3 Å². The fraction of sp³-hybridized carbons (Fsp3) is 0.265.